The first-order valence-corrected chi connectivity index (χ1v) is 7.03. The smallest absolute Gasteiger partial charge is 0.221 e. The lowest BCUT2D eigenvalue weighted by Crippen LogP contribution is -2.10. The van der Waals surface area contributed by atoms with Gasteiger partial charge in [-0.25, -0.2) is 4.39 Å². The fraction of sp³-hybridized carbons (Fsp3) is 0.235. The lowest BCUT2D eigenvalue weighted by Gasteiger charge is -2.17. The molecule has 3 N–H and O–H groups in total. The Morgan fingerprint density at radius 1 is 1.27 bits per heavy atom. The Balaban J connectivity index is 2.17. The topological polar surface area (TPSA) is 61.4 Å². The third-order valence-corrected chi connectivity index (χ3v) is 3.29. The highest BCUT2D eigenvalue weighted by atomic mass is 19.1. The van der Waals surface area contributed by atoms with Gasteiger partial charge in [0, 0.05) is 18.7 Å². The molecule has 1 atom stereocenters. The lowest BCUT2D eigenvalue weighted by molar-refractivity contribution is -0.114. The van der Waals surface area contributed by atoms with Crippen LogP contribution < -0.4 is 10.6 Å². The zero-order valence-corrected chi connectivity index (χ0v) is 12.6. The number of halogens is 1. The van der Waals surface area contributed by atoms with Crippen molar-refractivity contribution >= 4 is 17.3 Å². The van der Waals surface area contributed by atoms with Crippen molar-refractivity contribution in [3.63, 3.8) is 0 Å². The van der Waals surface area contributed by atoms with Crippen molar-refractivity contribution in [2.24, 2.45) is 0 Å². The largest absolute Gasteiger partial charge is 0.392 e. The summed E-state index contributed by atoms with van der Waals surface area (Å²) in [5.41, 5.74) is 2.70. The second-order valence-corrected chi connectivity index (χ2v) is 5.14. The van der Waals surface area contributed by atoms with Crippen LogP contribution in [0, 0.1) is 5.82 Å². The van der Waals surface area contributed by atoms with Crippen LogP contribution in [0.4, 0.5) is 15.8 Å². The maximum Gasteiger partial charge on any atom is 0.221 e. The molecule has 5 heteroatoms. The zero-order valence-electron chi connectivity index (χ0n) is 12.6. The van der Waals surface area contributed by atoms with Gasteiger partial charge in [0.2, 0.25) is 5.91 Å². The SMILES string of the molecule is CC(=O)Nc1cc(NC(C)c2cccc(CO)c2)ccc1F. The second-order valence-electron chi connectivity index (χ2n) is 5.14. The molecule has 0 radical (unpaired) electrons. The molecule has 0 bridgehead atoms. The summed E-state index contributed by atoms with van der Waals surface area (Å²) in [6.07, 6.45) is 0. The van der Waals surface area contributed by atoms with Crippen LogP contribution in [-0.4, -0.2) is 11.0 Å². The minimum absolute atomic E-state index is 0.0101. The minimum atomic E-state index is -0.476. The van der Waals surface area contributed by atoms with Gasteiger partial charge in [0.05, 0.1) is 12.3 Å². The average molecular weight is 302 g/mol. The van der Waals surface area contributed by atoms with E-state index < -0.39 is 5.82 Å². The summed E-state index contributed by atoms with van der Waals surface area (Å²) in [4.78, 5) is 11.1. The third-order valence-electron chi connectivity index (χ3n) is 3.29. The van der Waals surface area contributed by atoms with Crippen LogP contribution in [0.25, 0.3) is 0 Å². The van der Waals surface area contributed by atoms with E-state index in [9.17, 15) is 14.3 Å². The molecule has 116 valence electrons. The Hall–Kier alpha value is -2.40. The third kappa shape index (κ3) is 4.05. The van der Waals surface area contributed by atoms with Crippen molar-refractivity contribution in [3.05, 3.63) is 59.4 Å². The highest BCUT2D eigenvalue weighted by Crippen LogP contribution is 2.24. The monoisotopic (exact) mass is 302 g/mol. The molecule has 0 aromatic heterocycles. The van der Waals surface area contributed by atoms with Crippen LogP contribution in [0.1, 0.15) is 31.0 Å². The van der Waals surface area contributed by atoms with E-state index in [0.717, 1.165) is 11.1 Å². The van der Waals surface area contributed by atoms with Gasteiger partial charge in [0.1, 0.15) is 5.82 Å². The number of anilines is 2. The summed E-state index contributed by atoms with van der Waals surface area (Å²) >= 11 is 0. The number of aliphatic hydroxyl groups excluding tert-OH is 1. The highest BCUT2D eigenvalue weighted by molar-refractivity contribution is 5.89. The second kappa shape index (κ2) is 7.04. The first-order valence-electron chi connectivity index (χ1n) is 7.03. The van der Waals surface area contributed by atoms with E-state index in [2.05, 4.69) is 10.6 Å². The molecule has 0 aliphatic rings. The summed E-state index contributed by atoms with van der Waals surface area (Å²) in [6, 6.07) is 12.1. The molecule has 0 aliphatic carbocycles. The number of hydrogen-bond donors (Lipinski definition) is 3. The maximum atomic E-state index is 13.6. The number of aliphatic hydroxyl groups is 1. The summed E-state index contributed by atoms with van der Waals surface area (Å²) < 4.78 is 13.6. The van der Waals surface area contributed by atoms with E-state index >= 15 is 0 Å². The van der Waals surface area contributed by atoms with Crippen LogP contribution in [0.5, 0.6) is 0 Å². The van der Waals surface area contributed by atoms with Gasteiger partial charge in [-0.3, -0.25) is 4.79 Å². The Bertz CT molecular complexity index is 673. The van der Waals surface area contributed by atoms with Crippen LogP contribution in [0.3, 0.4) is 0 Å². The van der Waals surface area contributed by atoms with Crippen LogP contribution in [0.15, 0.2) is 42.5 Å². The molecule has 0 saturated carbocycles. The van der Waals surface area contributed by atoms with E-state index in [0.29, 0.717) is 5.69 Å². The van der Waals surface area contributed by atoms with Crippen LogP contribution in [-0.2, 0) is 11.4 Å². The quantitative estimate of drug-likeness (QED) is 0.793. The predicted molar refractivity (Wildman–Crippen MR) is 85.1 cm³/mol. The number of benzene rings is 2. The van der Waals surface area contributed by atoms with E-state index in [-0.39, 0.29) is 24.2 Å². The molecular formula is C17H19FN2O2. The standard InChI is InChI=1S/C17H19FN2O2/c1-11(14-5-3-4-13(8-14)10-21)19-15-6-7-16(18)17(9-15)20-12(2)22/h3-9,11,19,21H,10H2,1-2H3,(H,20,22). The fourth-order valence-corrected chi connectivity index (χ4v) is 2.19. The lowest BCUT2D eigenvalue weighted by atomic mass is 10.1. The molecule has 0 saturated heterocycles. The van der Waals surface area contributed by atoms with Gasteiger partial charge in [-0.1, -0.05) is 24.3 Å². The summed E-state index contributed by atoms with van der Waals surface area (Å²) in [6.45, 7) is 3.30. The van der Waals surface area contributed by atoms with E-state index in [4.69, 9.17) is 0 Å². The Labute approximate surface area is 129 Å². The van der Waals surface area contributed by atoms with Crippen molar-refractivity contribution in [3.8, 4) is 0 Å². The number of carbonyl (C=O) groups is 1. The molecule has 2 aromatic carbocycles. The van der Waals surface area contributed by atoms with E-state index in [1.54, 1.807) is 12.1 Å². The van der Waals surface area contributed by atoms with Crippen molar-refractivity contribution in [2.75, 3.05) is 10.6 Å². The maximum absolute atomic E-state index is 13.6. The molecular weight excluding hydrogens is 283 g/mol. The molecule has 0 fully saturated rings. The number of hydrogen-bond acceptors (Lipinski definition) is 3. The van der Waals surface area contributed by atoms with Crippen molar-refractivity contribution in [1.82, 2.24) is 0 Å². The Morgan fingerprint density at radius 3 is 2.73 bits per heavy atom. The van der Waals surface area contributed by atoms with E-state index in [1.165, 1.54) is 13.0 Å². The first-order chi connectivity index (χ1) is 10.5. The predicted octanol–water partition coefficient (Wildman–Crippen LogP) is 3.45. The van der Waals surface area contributed by atoms with Gasteiger partial charge >= 0.3 is 0 Å². The number of carbonyl (C=O) groups excluding carboxylic acids is 1. The van der Waals surface area contributed by atoms with Gasteiger partial charge in [-0.15, -0.1) is 0 Å². The Kier molecular flexibility index (Phi) is 5.12. The number of rotatable bonds is 5. The molecule has 4 nitrogen and oxygen atoms in total. The molecule has 0 spiro atoms. The summed E-state index contributed by atoms with van der Waals surface area (Å²) in [5.74, 6) is -0.796. The fourth-order valence-electron chi connectivity index (χ4n) is 2.19. The zero-order chi connectivity index (χ0) is 16.1. The molecule has 0 heterocycles. The normalized spacial score (nSPS) is 11.8. The number of nitrogens with one attached hydrogen (secondary N) is 2. The summed E-state index contributed by atoms with van der Waals surface area (Å²) in [7, 11) is 0. The van der Waals surface area contributed by atoms with Crippen molar-refractivity contribution in [1.29, 1.82) is 0 Å². The van der Waals surface area contributed by atoms with Gasteiger partial charge < -0.3 is 15.7 Å². The average Bonchev–Trinajstić information content (AvgIpc) is 2.50. The molecule has 2 rings (SSSR count). The van der Waals surface area contributed by atoms with Gasteiger partial charge in [-0.05, 0) is 36.2 Å². The number of amides is 1. The van der Waals surface area contributed by atoms with E-state index in [1.807, 2.05) is 31.2 Å². The van der Waals surface area contributed by atoms with Crippen LogP contribution >= 0.6 is 0 Å². The molecule has 1 amide bonds. The highest BCUT2D eigenvalue weighted by Gasteiger charge is 2.09. The first kappa shape index (κ1) is 16.0. The minimum Gasteiger partial charge on any atom is -0.392 e. The van der Waals surface area contributed by atoms with Gasteiger partial charge in [0.25, 0.3) is 0 Å². The van der Waals surface area contributed by atoms with Crippen LogP contribution in [0.2, 0.25) is 0 Å². The summed E-state index contributed by atoms with van der Waals surface area (Å²) in [5, 5.41) is 14.9. The molecule has 22 heavy (non-hydrogen) atoms. The molecule has 0 aliphatic heterocycles. The van der Waals surface area contributed by atoms with Gasteiger partial charge in [0.15, 0.2) is 0 Å². The molecule has 1 unspecified atom stereocenters. The van der Waals surface area contributed by atoms with Gasteiger partial charge in [-0.2, -0.15) is 0 Å². The molecule has 2 aromatic rings. The Morgan fingerprint density at radius 2 is 2.05 bits per heavy atom. The van der Waals surface area contributed by atoms with Crippen molar-refractivity contribution < 1.29 is 14.3 Å². The van der Waals surface area contributed by atoms with Crippen molar-refractivity contribution in [2.45, 2.75) is 26.5 Å².